The summed E-state index contributed by atoms with van der Waals surface area (Å²) in [6.07, 6.45) is 0.586. The number of carbonyl (C=O) groups is 1. The summed E-state index contributed by atoms with van der Waals surface area (Å²) < 4.78 is 1.53. The van der Waals surface area contributed by atoms with Crippen LogP contribution < -0.4 is 5.73 Å². The first kappa shape index (κ1) is 19.5. The predicted molar refractivity (Wildman–Crippen MR) is 127 cm³/mol. The summed E-state index contributed by atoms with van der Waals surface area (Å²) in [5.41, 5.74) is 13.5. The molecule has 0 unspecified atom stereocenters. The number of nitrogens with zero attached hydrogens (tertiary/aromatic N) is 3. The molecular formula is C27H20N4O. The number of benzene rings is 3. The number of carbonyl (C=O) groups excluding carboxylic acids is 1. The molecule has 0 fully saturated rings. The van der Waals surface area contributed by atoms with Gasteiger partial charge in [0.25, 0.3) is 5.91 Å². The van der Waals surface area contributed by atoms with Crippen LogP contribution in [0.3, 0.4) is 0 Å². The lowest BCUT2D eigenvalue weighted by molar-refractivity contribution is 0.0958. The summed E-state index contributed by atoms with van der Waals surface area (Å²) in [7, 11) is 0. The molecule has 0 aliphatic carbocycles. The average molecular weight is 416 g/mol. The largest absolute Gasteiger partial charge is 0.407 e. The summed E-state index contributed by atoms with van der Waals surface area (Å²) in [5, 5.41) is 4.80. The molecule has 0 spiro atoms. The van der Waals surface area contributed by atoms with Crippen molar-refractivity contribution in [3.63, 3.8) is 0 Å². The maximum atomic E-state index is 13.7. The van der Waals surface area contributed by atoms with Gasteiger partial charge >= 0.3 is 0 Å². The number of rotatable bonds is 3. The third kappa shape index (κ3) is 3.10. The second kappa shape index (κ2) is 7.68. The molecule has 1 aliphatic rings. The van der Waals surface area contributed by atoms with Crippen molar-refractivity contribution in [3.05, 3.63) is 107 Å². The molecular weight excluding hydrogens is 396 g/mol. The van der Waals surface area contributed by atoms with Crippen LogP contribution in [0.5, 0.6) is 0 Å². The standard InChI is InChI=1S/C27H20N4O/c1-17-15-23-25(18-9-5-3-6-10-18)26(19-11-7-4-8-12-19)30-31(23)27(32)24(17)20-13-14-21(28)22(16-20)29-2/h3-14,16H,15,28H2,1H3. The van der Waals surface area contributed by atoms with E-state index in [0.29, 0.717) is 28.9 Å². The Kier molecular flexibility index (Phi) is 4.68. The molecule has 5 heteroatoms. The van der Waals surface area contributed by atoms with Gasteiger partial charge in [-0.1, -0.05) is 72.3 Å². The van der Waals surface area contributed by atoms with E-state index in [1.807, 2.05) is 67.6 Å². The number of anilines is 1. The molecule has 154 valence electrons. The van der Waals surface area contributed by atoms with E-state index in [1.54, 1.807) is 18.2 Å². The van der Waals surface area contributed by atoms with E-state index in [1.165, 1.54) is 4.68 Å². The molecule has 0 atom stereocenters. The lowest BCUT2D eigenvalue weighted by Gasteiger charge is -2.20. The number of allylic oxidation sites excluding steroid dienone is 2. The molecule has 4 aromatic rings. The minimum Gasteiger partial charge on any atom is -0.407 e. The first-order valence-electron chi connectivity index (χ1n) is 10.3. The smallest absolute Gasteiger partial charge is 0.278 e. The van der Waals surface area contributed by atoms with Crippen LogP contribution >= 0.6 is 0 Å². The minimum atomic E-state index is -0.191. The fourth-order valence-electron chi connectivity index (χ4n) is 4.28. The second-order valence-corrected chi connectivity index (χ2v) is 7.84. The normalized spacial score (nSPS) is 13.1. The lowest BCUT2D eigenvalue weighted by atomic mass is 9.90. The molecule has 2 N–H and O–H groups in total. The Morgan fingerprint density at radius 2 is 1.59 bits per heavy atom. The van der Waals surface area contributed by atoms with E-state index in [0.717, 1.165) is 33.7 Å². The number of hydrogen-bond acceptors (Lipinski definition) is 3. The molecule has 5 nitrogen and oxygen atoms in total. The second-order valence-electron chi connectivity index (χ2n) is 7.84. The van der Waals surface area contributed by atoms with Gasteiger partial charge in [0.05, 0.1) is 12.3 Å². The van der Waals surface area contributed by atoms with Gasteiger partial charge in [-0.3, -0.25) is 4.79 Å². The highest BCUT2D eigenvalue weighted by atomic mass is 16.2. The number of nitrogen functional groups attached to an aromatic ring is 1. The molecule has 3 aromatic carbocycles. The van der Waals surface area contributed by atoms with Crippen molar-refractivity contribution in [1.29, 1.82) is 0 Å². The zero-order valence-electron chi connectivity index (χ0n) is 17.5. The number of hydrogen-bond donors (Lipinski definition) is 1. The lowest BCUT2D eigenvalue weighted by Crippen LogP contribution is -2.23. The van der Waals surface area contributed by atoms with Gasteiger partial charge in [-0.05, 0) is 30.2 Å². The number of aromatic nitrogens is 2. The average Bonchev–Trinajstić information content (AvgIpc) is 3.21. The number of nitrogens with two attached hydrogens (primary N) is 1. The molecule has 32 heavy (non-hydrogen) atoms. The maximum Gasteiger partial charge on any atom is 0.278 e. The third-order valence-corrected chi connectivity index (χ3v) is 5.80. The highest BCUT2D eigenvalue weighted by Crippen LogP contribution is 2.40. The van der Waals surface area contributed by atoms with Gasteiger partial charge in [0.1, 0.15) is 5.69 Å². The summed E-state index contributed by atoms with van der Waals surface area (Å²) >= 11 is 0. The first-order valence-corrected chi connectivity index (χ1v) is 10.3. The number of fused-ring (bicyclic) bond motifs is 1. The zero-order valence-corrected chi connectivity index (χ0v) is 17.5. The molecule has 0 saturated heterocycles. The Bertz CT molecular complexity index is 1420. The molecule has 5 rings (SSSR count). The predicted octanol–water partition coefficient (Wildman–Crippen LogP) is 6.02. The first-order chi connectivity index (χ1) is 15.6. The maximum absolute atomic E-state index is 13.7. The summed E-state index contributed by atoms with van der Waals surface area (Å²) in [6.45, 7) is 9.33. The van der Waals surface area contributed by atoms with Gasteiger partial charge in [0, 0.05) is 28.8 Å². The monoisotopic (exact) mass is 416 g/mol. The summed E-state index contributed by atoms with van der Waals surface area (Å²) in [5.74, 6) is -0.191. The Balaban J connectivity index is 1.71. The van der Waals surface area contributed by atoms with E-state index >= 15 is 0 Å². The van der Waals surface area contributed by atoms with E-state index in [-0.39, 0.29) is 5.91 Å². The molecule has 0 bridgehead atoms. The van der Waals surface area contributed by atoms with E-state index in [4.69, 9.17) is 17.4 Å². The Hall–Kier alpha value is -4.43. The summed E-state index contributed by atoms with van der Waals surface area (Å²) in [4.78, 5) is 17.2. The van der Waals surface area contributed by atoms with E-state index in [9.17, 15) is 4.79 Å². The van der Waals surface area contributed by atoms with Gasteiger partial charge in [0.2, 0.25) is 5.69 Å². The van der Waals surface area contributed by atoms with Crippen LogP contribution in [0.4, 0.5) is 11.4 Å². The summed E-state index contributed by atoms with van der Waals surface area (Å²) in [6, 6.07) is 25.1. The van der Waals surface area contributed by atoms with Crippen molar-refractivity contribution in [1.82, 2.24) is 9.78 Å². The fraction of sp³-hybridized carbons (Fsp3) is 0.0741. The van der Waals surface area contributed by atoms with Crippen LogP contribution in [0.15, 0.2) is 84.4 Å². The molecule has 0 amide bonds. The topological polar surface area (TPSA) is 65.3 Å². The van der Waals surface area contributed by atoms with Crippen molar-refractivity contribution in [3.8, 4) is 22.4 Å². The van der Waals surface area contributed by atoms with Crippen molar-refractivity contribution < 1.29 is 4.79 Å². The van der Waals surface area contributed by atoms with E-state index < -0.39 is 0 Å². The van der Waals surface area contributed by atoms with Gasteiger partial charge < -0.3 is 5.73 Å². The minimum absolute atomic E-state index is 0.191. The van der Waals surface area contributed by atoms with Crippen LogP contribution in [0.2, 0.25) is 0 Å². The van der Waals surface area contributed by atoms with Gasteiger partial charge in [-0.25, -0.2) is 4.85 Å². The van der Waals surface area contributed by atoms with Gasteiger partial charge in [-0.15, -0.1) is 0 Å². The highest BCUT2D eigenvalue weighted by Gasteiger charge is 2.31. The zero-order chi connectivity index (χ0) is 22.2. The van der Waals surface area contributed by atoms with Crippen molar-refractivity contribution in [2.75, 3.05) is 5.73 Å². The van der Waals surface area contributed by atoms with Crippen molar-refractivity contribution >= 4 is 22.9 Å². The highest BCUT2D eigenvalue weighted by molar-refractivity contribution is 6.23. The quantitative estimate of drug-likeness (QED) is 0.328. The van der Waals surface area contributed by atoms with Crippen molar-refractivity contribution in [2.45, 2.75) is 13.3 Å². The van der Waals surface area contributed by atoms with Crippen LogP contribution in [-0.4, -0.2) is 15.7 Å². The molecule has 0 radical (unpaired) electrons. The van der Waals surface area contributed by atoms with Crippen LogP contribution in [0, 0.1) is 6.57 Å². The Morgan fingerprint density at radius 3 is 2.25 bits per heavy atom. The van der Waals surface area contributed by atoms with Crippen LogP contribution in [-0.2, 0) is 6.42 Å². The molecule has 1 aromatic heterocycles. The van der Waals surface area contributed by atoms with Crippen LogP contribution in [0.25, 0.3) is 32.8 Å². The fourth-order valence-corrected chi connectivity index (χ4v) is 4.28. The molecule has 2 heterocycles. The van der Waals surface area contributed by atoms with E-state index in [2.05, 4.69) is 4.85 Å². The molecule has 0 saturated carbocycles. The molecule has 1 aliphatic heterocycles. The third-order valence-electron chi connectivity index (χ3n) is 5.80. The Morgan fingerprint density at radius 1 is 0.938 bits per heavy atom. The van der Waals surface area contributed by atoms with Crippen LogP contribution in [0.1, 0.15) is 23.0 Å². The SMILES string of the molecule is [C-]#[N+]c1cc(C2=C(C)Cc3c(-c4ccccc4)c(-c4ccccc4)nn3C2=O)ccc1N. The Labute approximate surface area is 186 Å². The van der Waals surface area contributed by atoms with Gasteiger partial charge in [0.15, 0.2) is 0 Å². The van der Waals surface area contributed by atoms with Crippen molar-refractivity contribution in [2.24, 2.45) is 0 Å². The van der Waals surface area contributed by atoms with Gasteiger partial charge in [-0.2, -0.15) is 9.78 Å².